The van der Waals surface area contributed by atoms with Gasteiger partial charge in [0.15, 0.2) is 0 Å². The van der Waals surface area contributed by atoms with Gasteiger partial charge in [0.25, 0.3) is 5.91 Å². The number of carbonyl (C=O) groups is 3. The predicted molar refractivity (Wildman–Crippen MR) is 111 cm³/mol. The lowest BCUT2D eigenvalue weighted by Crippen LogP contribution is -2.47. The van der Waals surface area contributed by atoms with Gasteiger partial charge in [0.1, 0.15) is 5.78 Å². The molecule has 3 aliphatic rings. The fourth-order valence-electron chi connectivity index (χ4n) is 4.35. The number of urea groups is 1. The third kappa shape index (κ3) is 4.45. The Morgan fingerprint density at radius 1 is 1.24 bits per heavy atom. The summed E-state index contributed by atoms with van der Waals surface area (Å²) in [6.45, 7) is 3.75. The number of hydrogen-bond donors (Lipinski definition) is 2. The maximum absolute atomic E-state index is 13.2. The molecule has 3 amide bonds. The van der Waals surface area contributed by atoms with Crippen molar-refractivity contribution in [1.82, 2.24) is 10.2 Å². The number of nitrogens with two attached hydrogens (primary N) is 1. The molecule has 2 heterocycles. The van der Waals surface area contributed by atoms with E-state index in [1.807, 2.05) is 13.0 Å². The van der Waals surface area contributed by atoms with Gasteiger partial charge in [-0.3, -0.25) is 14.5 Å². The van der Waals surface area contributed by atoms with Gasteiger partial charge >= 0.3 is 6.03 Å². The minimum atomic E-state index is -0.230. The molecule has 7 heteroatoms. The highest BCUT2D eigenvalue weighted by molar-refractivity contribution is 6.00. The van der Waals surface area contributed by atoms with E-state index in [1.54, 1.807) is 21.9 Å². The first-order chi connectivity index (χ1) is 13.9. The molecule has 0 spiro atoms. The summed E-state index contributed by atoms with van der Waals surface area (Å²) >= 11 is 0. The van der Waals surface area contributed by atoms with Crippen molar-refractivity contribution in [3.8, 4) is 0 Å². The van der Waals surface area contributed by atoms with E-state index in [9.17, 15) is 14.4 Å². The highest BCUT2D eigenvalue weighted by atomic mass is 16.2. The maximum atomic E-state index is 13.2. The number of ketones is 1. The Labute approximate surface area is 171 Å². The van der Waals surface area contributed by atoms with E-state index in [-0.39, 0.29) is 36.2 Å². The topological polar surface area (TPSA) is 95.7 Å². The number of hydrogen-bond acceptors (Lipinski definition) is 4. The molecule has 1 aromatic rings. The Morgan fingerprint density at radius 2 is 2.03 bits per heavy atom. The molecule has 1 aromatic carbocycles. The summed E-state index contributed by atoms with van der Waals surface area (Å²) < 4.78 is 0. The Kier molecular flexibility index (Phi) is 5.58. The third-order valence-electron chi connectivity index (χ3n) is 6.19. The zero-order valence-electron chi connectivity index (χ0n) is 17.0. The maximum Gasteiger partial charge on any atom is 0.324 e. The van der Waals surface area contributed by atoms with Crippen LogP contribution in [0.25, 0.3) is 0 Å². The summed E-state index contributed by atoms with van der Waals surface area (Å²) in [5.74, 6) is 0.722. The molecular weight excluding hydrogens is 368 g/mol. The van der Waals surface area contributed by atoms with E-state index in [2.05, 4.69) is 5.32 Å². The van der Waals surface area contributed by atoms with Crippen molar-refractivity contribution in [2.45, 2.75) is 57.5 Å². The second kappa shape index (κ2) is 8.14. The number of Topliss-reactive ketones (excluding diaryl/α,β-unsaturated/α-hetero) is 1. The van der Waals surface area contributed by atoms with Crippen molar-refractivity contribution in [2.24, 2.45) is 11.7 Å². The average molecular weight is 399 g/mol. The van der Waals surface area contributed by atoms with Crippen LogP contribution in [0.4, 0.5) is 10.5 Å². The molecular formula is C22H30N4O3. The number of anilines is 1. The van der Waals surface area contributed by atoms with E-state index >= 15 is 0 Å². The van der Waals surface area contributed by atoms with Crippen LogP contribution in [0, 0.1) is 5.92 Å². The Balaban J connectivity index is 1.56. The number of likely N-dealkylation sites (tertiary alicyclic amines) is 1. The molecule has 7 nitrogen and oxygen atoms in total. The van der Waals surface area contributed by atoms with Gasteiger partial charge in [-0.1, -0.05) is 12.8 Å². The first-order valence-electron chi connectivity index (χ1n) is 10.7. The molecule has 156 valence electrons. The van der Waals surface area contributed by atoms with Crippen LogP contribution < -0.4 is 16.0 Å². The Morgan fingerprint density at radius 3 is 2.72 bits per heavy atom. The first kappa shape index (κ1) is 19.9. The summed E-state index contributed by atoms with van der Waals surface area (Å²) in [6.07, 6.45) is 4.89. The lowest BCUT2D eigenvalue weighted by molar-refractivity contribution is -0.118. The molecule has 4 rings (SSSR count). The van der Waals surface area contributed by atoms with Gasteiger partial charge in [0.05, 0.1) is 0 Å². The van der Waals surface area contributed by atoms with E-state index in [1.165, 1.54) is 12.8 Å². The molecule has 0 bridgehead atoms. The van der Waals surface area contributed by atoms with Crippen LogP contribution in [0.5, 0.6) is 0 Å². The fourth-order valence-corrected chi connectivity index (χ4v) is 4.35. The van der Waals surface area contributed by atoms with Gasteiger partial charge in [0.2, 0.25) is 0 Å². The van der Waals surface area contributed by atoms with Crippen LogP contribution in [-0.2, 0) is 11.2 Å². The molecule has 1 saturated carbocycles. The van der Waals surface area contributed by atoms with Crippen molar-refractivity contribution < 1.29 is 14.4 Å². The summed E-state index contributed by atoms with van der Waals surface area (Å²) in [7, 11) is 0. The van der Waals surface area contributed by atoms with E-state index in [0.29, 0.717) is 31.6 Å². The van der Waals surface area contributed by atoms with Crippen LogP contribution in [0.3, 0.4) is 0 Å². The molecule has 2 fully saturated rings. The highest BCUT2D eigenvalue weighted by Gasteiger charge is 2.35. The number of benzene rings is 1. The fraction of sp³-hybridized carbons (Fsp3) is 0.591. The van der Waals surface area contributed by atoms with Crippen molar-refractivity contribution in [1.29, 1.82) is 0 Å². The summed E-state index contributed by atoms with van der Waals surface area (Å²) in [5, 5.41) is 2.97. The smallest absolute Gasteiger partial charge is 0.324 e. The minimum Gasteiger partial charge on any atom is -0.352 e. The van der Waals surface area contributed by atoms with Gasteiger partial charge in [0, 0.05) is 55.8 Å². The summed E-state index contributed by atoms with van der Waals surface area (Å²) in [4.78, 5) is 41.7. The first-order valence-corrected chi connectivity index (χ1v) is 10.7. The molecule has 0 radical (unpaired) electrons. The Bertz CT molecular complexity index is 820. The number of amides is 3. The van der Waals surface area contributed by atoms with Crippen LogP contribution in [0.15, 0.2) is 18.2 Å². The molecule has 1 saturated heterocycles. The number of nitrogens with zero attached hydrogens (tertiary/aromatic N) is 2. The van der Waals surface area contributed by atoms with E-state index in [4.69, 9.17) is 5.73 Å². The summed E-state index contributed by atoms with van der Waals surface area (Å²) in [6, 6.07) is 5.00. The van der Waals surface area contributed by atoms with Crippen LogP contribution >= 0.6 is 0 Å². The average Bonchev–Trinajstić information content (AvgIpc) is 3.42. The van der Waals surface area contributed by atoms with E-state index in [0.717, 1.165) is 30.0 Å². The lowest BCUT2D eigenvalue weighted by Gasteiger charge is -2.32. The summed E-state index contributed by atoms with van der Waals surface area (Å²) in [5.41, 5.74) is 7.99. The van der Waals surface area contributed by atoms with Gasteiger partial charge in [-0.05, 0) is 49.4 Å². The van der Waals surface area contributed by atoms with Crippen molar-refractivity contribution >= 4 is 23.4 Å². The third-order valence-corrected chi connectivity index (χ3v) is 6.19. The second-order valence-corrected chi connectivity index (χ2v) is 8.75. The molecule has 3 N–H and O–H groups in total. The number of rotatable bonds is 4. The van der Waals surface area contributed by atoms with Crippen LogP contribution in [0.1, 0.15) is 54.9 Å². The van der Waals surface area contributed by atoms with Crippen molar-refractivity contribution in [2.75, 3.05) is 24.5 Å². The lowest BCUT2D eigenvalue weighted by atomic mass is 10.0. The highest BCUT2D eigenvalue weighted by Crippen LogP contribution is 2.32. The zero-order valence-corrected chi connectivity index (χ0v) is 17.0. The molecule has 1 aliphatic carbocycles. The number of nitrogens with one attached hydrogen (secondary N) is 1. The zero-order chi connectivity index (χ0) is 20.5. The quantitative estimate of drug-likeness (QED) is 0.812. The van der Waals surface area contributed by atoms with Gasteiger partial charge in [-0.2, -0.15) is 0 Å². The SMILES string of the molecule is C[C@H]1CC(=O)Cc2cc(C(=O)NCCC3CC3)ccc2N1C(=O)N1CC[C@H](N)C1. The van der Waals surface area contributed by atoms with Gasteiger partial charge in [-0.15, -0.1) is 0 Å². The van der Waals surface area contributed by atoms with Crippen LogP contribution in [-0.4, -0.2) is 54.3 Å². The monoisotopic (exact) mass is 398 g/mol. The molecule has 0 aromatic heterocycles. The molecule has 2 atom stereocenters. The number of fused-ring (bicyclic) bond motifs is 1. The van der Waals surface area contributed by atoms with E-state index < -0.39 is 0 Å². The second-order valence-electron chi connectivity index (χ2n) is 8.75. The largest absolute Gasteiger partial charge is 0.352 e. The molecule has 29 heavy (non-hydrogen) atoms. The molecule has 0 unspecified atom stereocenters. The minimum absolute atomic E-state index is 0.00375. The van der Waals surface area contributed by atoms with Crippen LogP contribution in [0.2, 0.25) is 0 Å². The van der Waals surface area contributed by atoms with Gasteiger partial charge in [-0.25, -0.2) is 4.79 Å². The normalized spacial score (nSPS) is 24.3. The Hall–Kier alpha value is -2.41. The van der Waals surface area contributed by atoms with Crippen molar-refractivity contribution in [3.05, 3.63) is 29.3 Å². The predicted octanol–water partition coefficient (Wildman–Crippen LogP) is 2.08. The van der Waals surface area contributed by atoms with Gasteiger partial charge < -0.3 is 16.0 Å². The molecule has 2 aliphatic heterocycles. The standard InChI is InChI=1S/C22H30N4O3/c1-14-10-19(27)12-17-11-16(21(28)24-8-6-15-2-3-15)4-5-20(17)26(14)22(29)25-9-7-18(23)13-25/h4-5,11,14-15,18H,2-3,6-10,12-13,23H2,1H3,(H,24,28)/t14-,18-/m0/s1. The van der Waals surface area contributed by atoms with Crippen molar-refractivity contribution in [3.63, 3.8) is 0 Å². The number of carbonyl (C=O) groups excluding carboxylic acids is 3.